The zero-order valence-corrected chi connectivity index (χ0v) is 12.4. The van der Waals surface area contributed by atoms with Crippen molar-refractivity contribution in [2.45, 2.75) is 20.0 Å². The summed E-state index contributed by atoms with van der Waals surface area (Å²) in [5.74, 6) is -0.153. The average molecular weight is 308 g/mol. The summed E-state index contributed by atoms with van der Waals surface area (Å²) in [4.78, 5) is 12.0. The van der Waals surface area contributed by atoms with Gasteiger partial charge in [0, 0.05) is 11.3 Å². The number of anilines is 1. The molecule has 21 heavy (non-hydrogen) atoms. The first-order chi connectivity index (χ1) is 9.95. The number of hydrogen-bond donors (Lipinski definition) is 1. The maximum Gasteiger partial charge on any atom is 0.255 e. The summed E-state index contributed by atoms with van der Waals surface area (Å²) in [5.41, 5.74) is 0.917. The van der Waals surface area contributed by atoms with Gasteiger partial charge in [0.2, 0.25) is 0 Å². The molecule has 2 aromatic rings. The second-order valence-corrected chi connectivity index (χ2v) is 5.18. The summed E-state index contributed by atoms with van der Waals surface area (Å²) in [5, 5.41) is 3.11. The molecule has 0 radical (unpaired) electrons. The van der Waals surface area contributed by atoms with Crippen LogP contribution in [0.4, 0.5) is 10.1 Å². The van der Waals surface area contributed by atoms with E-state index >= 15 is 0 Å². The molecule has 0 saturated carbocycles. The highest BCUT2D eigenvalue weighted by atomic mass is 35.5. The van der Waals surface area contributed by atoms with Gasteiger partial charge in [0.15, 0.2) is 0 Å². The fourth-order valence-electron chi connectivity index (χ4n) is 1.73. The van der Waals surface area contributed by atoms with Gasteiger partial charge in [0.05, 0.1) is 11.1 Å². The first kappa shape index (κ1) is 15.3. The van der Waals surface area contributed by atoms with Crippen molar-refractivity contribution in [3.8, 4) is 5.75 Å². The zero-order chi connectivity index (χ0) is 15.4. The highest BCUT2D eigenvalue weighted by molar-refractivity contribution is 6.32. The predicted octanol–water partition coefficient (Wildman–Crippen LogP) is 4.52. The summed E-state index contributed by atoms with van der Waals surface area (Å²) in [6, 6.07) is 10.3. The minimum absolute atomic E-state index is 0.0159. The van der Waals surface area contributed by atoms with Crippen LogP contribution in [0.5, 0.6) is 5.75 Å². The topological polar surface area (TPSA) is 38.3 Å². The van der Waals surface area contributed by atoms with Crippen molar-refractivity contribution in [1.82, 2.24) is 0 Å². The first-order valence-electron chi connectivity index (χ1n) is 6.49. The molecule has 3 nitrogen and oxygen atoms in total. The third-order valence-electron chi connectivity index (χ3n) is 2.66. The van der Waals surface area contributed by atoms with Crippen LogP contribution in [0.2, 0.25) is 5.02 Å². The molecule has 0 bridgehead atoms. The molecule has 0 fully saturated rings. The third-order valence-corrected chi connectivity index (χ3v) is 2.95. The second kappa shape index (κ2) is 6.59. The third kappa shape index (κ3) is 4.20. The van der Waals surface area contributed by atoms with Crippen molar-refractivity contribution >= 4 is 23.2 Å². The number of halogens is 2. The lowest BCUT2D eigenvalue weighted by Crippen LogP contribution is -2.12. The van der Waals surface area contributed by atoms with Gasteiger partial charge in [-0.15, -0.1) is 0 Å². The van der Waals surface area contributed by atoms with E-state index in [1.807, 2.05) is 13.8 Å². The minimum atomic E-state index is -0.384. The molecule has 0 spiro atoms. The number of nitrogens with one attached hydrogen (secondary N) is 1. The van der Waals surface area contributed by atoms with Gasteiger partial charge < -0.3 is 10.1 Å². The smallest absolute Gasteiger partial charge is 0.255 e. The number of carbonyl (C=O) groups is 1. The van der Waals surface area contributed by atoms with Gasteiger partial charge in [-0.05, 0) is 56.3 Å². The Balaban J connectivity index is 2.11. The van der Waals surface area contributed by atoms with Crippen molar-refractivity contribution in [1.29, 1.82) is 0 Å². The van der Waals surface area contributed by atoms with Crippen LogP contribution < -0.4 is 10.1 Å². The van der Waals surface area contributed by atoms with Crippen LogP contribution in [0.15, 0.2) is 42.5 Å². The molecule has 0 saturated heterocycles. The Morgan fingerprint density at radius 1 is 1.19 bits per heavy atom. The number of hydrogen-bond acceptors (Lipinski definition) is 2. The SMILES string of the molecule is CC(C)Oc1ccc(NC(=O)c2ccc(F)cc2)cc1Cl. The summed E-state index contributed by atoms with van der Waals surface area (Å²) >= 11 is 6.10. The standard InChI is InChI=1S/C16H15ClFNO2/c1-10(2)21-15-8-7-13(9-14(15)17)19-16(20)11-3-5-12(18)6-4-11/h3-10H,1-2H3,(H,19,20). The zero-order valence-electron chi connectivity index (χ0n) is 11.7. The lowest BCUT2D eigenvalue weighted by molar-refractivity contribution is 0.102. The molecule has 1 N–H and O–H groups in total. The molecule has 0 aromatic heterocycles. The Morgan fingerprint density at radius 3 is 2.43 bits per heavy atom. The Labute approximate surface area is 127 Å². The van der Waals surface area contributed by atoms with Gasteiger partial charge in [-0.1, -0.05) is 11.6 Å². The Morgan fingerprint density at radius 2 is 1.86 bits per heavy atom. The Bertz CT molecular complexity index is 641. The van der Waals surface area contributed by atoms with Crippen LogP contribution in [0, 0.1) is 5.82 Å². The number of ether oxygens (including phenoxy) is 1. The van der Waals surface area contributed by atoms with Crippen molar-refractivity contribution in [2.75, 3.05) is 5.32 Å². The van der Waals surface area contributed by atoms with Gasteiger partial charge in [-0.3, -0.25) is 4.79 Å². The Hall–Kier alpha value is -2.07. The lowest BCUT2D eigenvalue weighted by Gasteiger charge is -2.12. The summed E-state index contributed by atoms with van der Waals surface area (Å²) in [6.07, 6.45) is 0.0159. The molecule has 0 atom stereocenters. The number of benzene rings is 2. The quantitative estimate of drug-likeness (QED) is 0.902. The number of amides is 1. The molecule has 0 aliphatic heterocycles. The summed E-state index contributed by atoms with van der Waals surface area (Å²) in [7, 11) is 0. The van der Waals surface area contributed by atoms with Crippen LogP contribution in [0.25, 0.3) is 0 Å². The van der Waals surface area contributed by atoms with Crippen LogP contribution in [-0.4, -0.2) is 12.0 Å². The van der Waals surface area contributed by atoms with Crippen LogP contribution >= 0.6 is 11.6 Å². The van der Waals surface area contributed by atoms with E-state index in [1.165, 1.54) is 24.3 Å². The fraction of sp³-hybridized carbons (Fsp3) is 0.188. The molecule has 0 heterocycles. The van der Waals surface area contributed by atoms with E-state index in [0.29, 0.717) is 22.0 Å². The van der Waals surface area contributed by atoms with E-state index in [2.05, 4.69) is 5.32 Å². The summed E-state index contributed by atoms with van der Waals surface area (Å²) in [6.45, 7) is 3.81. The number of carbonyl (C=O) groups excluding carboxylic acids is 1. The highest BCUT2D eigenvalue weighted by Crippen LogP contribution is 2.28. The van der Waals surface area contributed by atoms with E-state index < -0.39 is 0 Å². The van der Waals surface area contributed by atoms with E-state index in [9.17, 15) is 9.18 Å². The van der Waals surface area contributed by atoms with Crippen molar-refractivity contribution < 1.29 is 13.9 Å². The first-order valence-corrected chi connectivity index (χ1v) is 6.86. The molecule has 1 amide bonds. The van der Waals surface area contributed by atoms with Gasteiger partial charge in [0.25, 0.3) is 5.91 Å². The van der Waals surface area contributed by atoms with E-state index in [4.69, 9.17) is 16.3 Å². The average Bonchev–Trinajstić information content (AvgIpc) is 2.42. The van der Waals surface area contributed by atoms with Crippen molar-refractivity contribution in [2.24, 2.45) is 0 Å². The molecule has 2 rings (SSSR count). The van der Waals surface area contributed by atoms with Crippen LogP contribution in [0.1, 0.15) is 24.2 Å². The van der Waals surface area contributed by atoms with Gasteiger partial charge in [-0.2, -0.15) is 0 Å². The molecule has 2 aromatic carbocycles. The molecular formula is C16H15ClFNO2. The summed E-state index contributed by atoms with van der Waals surface area (Å²) < 4.78 is 18.3. The minimum Gasteiger partial charge on any atom is -0.489 e. The largest absolute Gasteiger partial charge is 0.489 e. The lowest BCUT2D eigenvalue weighted by atomic mass is 10.2. The predicted molar refractivity (Wildman–Crippen MR) is 81.6 cm³/mol. The van der Waals surface area contributed by atoms with Crippen LogP contribution in [0.3, 0.4) is 0 Å². The Kier molecular flexibility index (Phi) is 4.81. The van der Waals surface area contributed by atoms with Gasteiger partial charge in [-0.25, -0.2) is 4.39 Å². The maximum atomic E-state index is 12.8. The van der Waals surface area contributed by atoms with Gasteiger partial charge in [0.1, 0.15) is 11.6 Å². The monoisotopic (exact) mass is 307 g/mol. The molecule has 0 unspecified atom stereocenters. The second-order valence-electron chi connectivity index (χ2n) is 4.77. The van der Waals surface area contributed by atoms with E-state index in [0.717, 1.165) is 0 Å². The van der Waals surface area contributed by atoms with Crippen molar-refractivity contribution in [3.63, 3.8) is 0 Å². The molecule has 5 heteroatoms. The van der Waals surface area contributed by atoms with Crippen LogP contribution in [-0.2, 0) is 0 Å². The molecule has 110 valence electrons. The molecule has 0 aliphatic rings. The van der Waals surface area contributed by atoms with Crippen molar-refractivity contribution in [3.05, 3.63) is 58.9 Å². The van der Waals surface area contributed by atoms with E-state index in [1.54, 1.807) is 18.2 Å². The fourth-order valence-corrected chi connectivity index (χ4v) is 1.96. The molecular weight excluding hydrogens is 293 g/mol. The van der Waals surface area contributed by atoms with E-state index in [-0.39, 0.29) is 17.8 Å². The maximum absolute atomic E-state index is 12.8. The van der Waals surface area contributed by atoms with Gasteiger partial charge >= 0.3 is 0 Å². The highest BCUT2D eigenvalue weighted by Gasteiger charge is 2.09. The normalized spacial score (nSPS) is 10.5. The molecule has 0 aliphatic carbocycles. The number of rotatable bonds is 4.